The molecule has 1 aromatic heterocycles. The number of rotatable bonds is 6. The quantitative estimate of drug-likeness (QED) is 0.467. The molecule has 33 heavy (non-hydrogen) atoms. The minimum absolute atomic E-state index is 0.0812. The van der Waals surface area contributed by atoms with Gasteiger partial charge in [0.1, 0.15) is 5.82 Å². The van der Waals surface area contributed by atoms with Crippen molar-refractivity contribution in [2.45, 2.75) is 67.9 Å². The summed E-state index contributed by atoms with van der Waals surface area (Å²) < 4.78 is 1.69. The number of carbonyl (C=O) groups excluding carboxylic acids is 1. The molecule has 3 rings (SSSR count). The molecule has 0 spiro atoms. The van der Waals surface area contributed by atoms with Crippen molar-refractivity contribution in [3.63, 3.8) is 0 Å². The molecule has 0 radical (unpaired) electrons. The third kappa shape index (κ3) is 5.52. The summed E-state index contributed by atoms with van der Waals surface area (Å²) in [6.07, 6.45) is 0.436. The van der Waals surface area contributed by atoms with E-state index in [2.05, 4.69) is 41.5 Å². The fourth-order valence-electron chi connectivity index (χ4n) is 4.11. The summed E-state index contributed by atoms with van der Waals surface area (Å²) in [5.41, 5.74) is 3.45. The molecular formula is C28H37N3O2. The van der Waals surface area contributed by atoms with Crippen LogP contribution in [-0.4, -0.2) is 26.9 Å². The molecule has 5 heteroatoms. The molecule has 0 aliphatic carbocycles. The molecule has 176 valence electrons. The zero-order valence-corrected chi connectivity index (χ0v) is 21.3. The molecule has 1 amide bonds. The predicted octanol–water partition coefficient (Wildman–Crippen LogP) is 5.98. The van der Waals surface area contributed by atoms with Crippen LogP contribution < -0.4 is 5.56 Å². The minimum Gasteiger partial charge on any atom is -0.333 e. The topological polar surface area (TPSA) is 55.2 Å². The van der Waals surface area contributed by atoms with Crippen LogP contribution in [0.3, 0.4) is 0 Å². The molecule has 5 nitrogen and oxygen atoms in total. The van der Waals surface area contributed by atoms with Crippen molar-refractivity contribution in [1.82, 2.24) is 14.5 Å². The summed E-state index contributed by atoms with van der Waals surface area (Å²) >= 11 is 0. The molecule has 0 bridgehead atoms. The Hall–Kier alpha value is -2.95. The van der Waals surface area contributed by atoms with Gasteiger partial charge in [-0.1, -0.05) is 52.8 Å². The Labute approximate surface area is 197 Å². The number of hydrogen-bond donors (Lipinski definition) is 0. The van der Waals surface area contributed by atoms with Gasteiger partial charge in [0, 0.05) is 13.0 Å². The van der Waals surface area contributed by atoms with Gasteiger partial charge in [0.15, 0.2) is 0 Å². The number of benzene rings is 2. The molecule has 0 saturated heterocycles. The van der Waals surface area contributed by atoms with Gasteiger partial charge in [-0.25, -0.2) is 4.98 Å². The van der Waals surface area contributed by atoms with Crippen molar-refractivity contribution in [2.75, 3.05) is 6.54 Å². The monoisotopic (exact) mass is 447 g/mol. The lowest BCUT2D eigenvalue weighted by molar-refractivity contribution is -0.136. The average Bonchev–Trinajstić information content (AvgIpc) is 2.72. The maximum Gasteiger partial charge on any atom is 0.266 e. The van der Waals surface area contributed by atoms with Crippen molar-refractivity contribution in [3.8, 4) is 5.69 Å². The van der Waals surface area contributed by atoms with Crippen LogP contribution in [0.2, 0.25) is 0 Å². The molecule has 0 N–H and O–H groups in total. The summed E-state index contributed by atoms with van der Waals surface area (Å²) in [5, 5.41) is 0.572. The molecule has 1 heterocycles. The highest BCUT2D eigenvalue weighted by Crippen LogP contribution is 2.28. The van der Waals surface area contributed by atoms with E-state index >= 15 is 0 Å². The van der Waals surface area contributed by atoms with Crippen LogP contribution in [0.5, 0.6) is 0 Å². The fourth-order valence-corrected chi connectivity index (χ4v) is 4.11. The third-order valence-electron chi connectivity index (χ3n) is 5.96. The summed E-state index contributed by atoms with van der Waals surface area (Å²) in [4.78, 5) is 34.0. The molecule has 0 fully saturated rings. The van der Waals surface area contributed by atoms with E-state index in [0.29, 0.717) is 35.6 Å². The smallest absolute Gasteiger partial charge is 0.266 e. The number of carbonyl (C=O) groups is 1. The van der Waals surface area contributed by atoms with Crippen molar-refractivity contribution >= 4 is 16.8 Å². The second-order valence-electron chi connectivity index (χ2n) is 10.7. The Morgan fingerprint density at radius 1 is 1.03 bits per heavy atom. The van der Waals surface area contributed by atoms with Crippen LogP contribution in [0, 0.1) is 25.2 Å². The van der Waals surface area contributed by atoms with Gasteiger partial charge in [-0.3, -0.25) is 14.2 Å². The molecule has 2 aromatic carbocycles. The number of aromatic nitrogens is 2. The van der Waals surface area contributed by atoms with Crippen molar-refractivity contribution < 1.29 is 4.79 Å². The van der Waals surface area contributed by atoms with Crippen molar-refractivity contribution in [1.29, 1.82) is 0 Å². The fraction of sp³-hybridized carbons (Fsp3) is 0.464. The van der Waals surface area contributed by atoms with Gasteiger partial charge in [-0.15, -0.1) is 0 Å². The van der Waals surface area contributed by atoms with E-state index in [1.807, 2.05) is 61.2 Å². The van der Waals surface area contributed by atoms with Crippen LogP contribution in [0.1, 0.15) is 71.0 Å². The molecule has 3 aromatic rings. The minimum atomic E-state index is -0.360. The number of nitrogens with zero attached hydrogens (tertiary/aromatic N) is 3. The number of amides is 1. The molecule has 0 aliphatic rings. The highest BCUT2D eigenvalue weighted by molar-refractivity contribution is 5.79. The van der Waals surface area contributed by atoms with E-state index in [-0.39, 0.29) is 22.9 Å². The predicted molar refractivity (Wildman–Crippen MR) is 136 cm³/mol. The summed E-state index contributed by atoms with van der Waals surface area (Å²) in [6.45, 7) is 17.1. The average molecular weight is 448 g/mol. The third-order valence-corrected chi connectivity index (χ3v) is 5.96. The number of aryl methyl sites for hydroxylation is 2. The number of fused-ring (bicyclic) bond motifs is 1. The summed E-state index contributed by atoms with van der Waals surface area (Å²) in [6, 6.07) is 13.1. The van der Waals surface area contributed by atoms with Crippen LogP contribution in [0.25, 0.3) is 16.6 Å². The van der Waals surface area contributed by atoms with Crippen LogP contribution >= 0.6 is 0 Å². The van der Waals surface area contributed by atoms with Crippen molar-refractivity contribution in [2.24, 2.45) is 11.3 Å². The van der Waals surface area contributed by atoms with E-state index in [0.717, 1.165) is 16.8 Å². The van der Waals surface area contributed by atoms with Crippen molar-refractivity contribution in [3.05, 3.63) is 69.8 Å². The largest absolute Gasteiger partial charge is 0.333 e. The Morgan fingerprint density at radius 2 is 1.70 bits per heavy atom. The van der Waals surface area contributed by atoms with Gasteiger partial charge in [0.05, 0.1) is 22.6 Å². The lowest BCUT2D eigenvalue weighted by Gasteiger charge is -2.34. The lowest BCUT2D eigenvalue weighted by Crippen LogP contribution is -2.40. The molecule has 0 saturated carbocycles. The van der Waals surface area contributed by atoms with E-state index in [9.17, 15) is 9.59 Å². The van der Waals surface area contributed by atoms with E-state index in [1.54, 1.807) is 4.57 Å². The van der Waals surface area contributed by atoms with Gasteiger partial charge in [0.25, 0.3) is 5.56 Å². The van der Waals surface area contributed by atoms with Crippen LogP contribution in [0.15, 0.2) is 47.3 Å². The molecule has 1 atom stereocenters. The van der Waals surface area contributed by atoms with Gasteiger partial charge in [0.2, 0.25) is 5.91 Å². The van der Waals surface area contributed by atoms with E-state index < -0.39 is 0 Å². The maximum atomic E-state index is 13.7. The van der Waals surface area contributed by atoms with Crippen LogP contribution in [0.4, 0.5) is 0 Å². The Morgan fingerprint density at radius 3 is 2.30 bits per heavy atom. The van der Waals surface area contributed by atoms with Gasteiger partial charge < -0.3 is 4.90 Å². The molecule has 1 unspecified atom stereocenters. The zero-order valence-electron chi connectivity index (χ0n) is 21.3. The number of para-hydroxylation sites is 1. The van der Waals surface area contributed by atoms with E-state index in [4.69, 9.17) is 4.98 Å². The van der Waals surface area contributed by atoms with Crippen LogP contribution in [-0.2, 0) is 4.79 Å². The zero-order chi connectivity index (χ0) is 24.5. The highest BCUT2D eigenvalue weighted by atomic mass is 16.2. The van der Waals surface area contributed by atoms with Gasteiger partial charge in [-0.05, 0) is 67.5 Å². The second-order valence-corrected chi connectivity index (χ2v) is 10.7. The molecule has 0 aliphatic heterocycles. The Balaban J connectivity index is 2.25. The lowest BCUT2D eigenvalue weighted by atomic mass is 9.91. The summed E-state index contributed by atoms with van der Waals surface area (Å²) in [5.74, 6) is 0.959. The Bertz CT molecular complexity index is 1220. The second kappa shape index (κ2) is 9.50. The summed E-state index contributed by atoms with van der Waals surface area (Å²) in [7, 11) is 0. The van der Waals surface area contributed by atoms with E-state index in [1.165, 1.54) is 0 Å². The maximum absolute atomic E-state index is 13.7. The van der Waals surface area contributed by atoms with Gasteiger partial charge in [-0.2, -0.15) is 0 Å². The standard InChI is InChI=1S/C28H37N3O2/c1-18(2)17-30(25(32)16-28(6,7)8)21(5)26-29-24-12-10-9-11-23(24)27(33)31(26)22-14-13-19(3)20(4)15-22/h9-15,18,21H,16-17H2,1-8H3. The first-order valence-corrected chi connectivity index (χ1v) is 11.8. The highest BCUT2D eigenvalue weighted by Gasteiger charge is 2.29. The molecular weight excluding hydrogens is 410 g/mol. The Kier molecular flexibility index (Phi) is 7.11. The SMILES string of the molecule is Cc1ccc(-n2c(C(C)N(CC(C)C)C(=O)CC(C)(C)C)nc3ccccc3c2=O)cc1C. The normalized spacial score (nSPS) is 12.9. The first-order chi connectivity index (χ1) is 15.4. The van der Waals surface area contributed by atoms with Gasteiger partial charge >= 0.3 is 0 Å². The first kappa shape index (κ1) is 24.7. The number of hydrogen-bond acceptors (Lipinski definition) is 3. The first-order valence-electron chi connectivity index (χ1n) is 11.8.